The molecule has 2 aromatic rings. The third-order valence-corrected chi connectivity index (χ3v) is 3.11. The Kier molecular flexibility index (Phi) is 7.31. The number of halogens is 1. The van der Waals surface area contributed by atoms with Gasteiger partial charge in [-0.1, -0.05) is 19.4 Å². The quantitative estimate of drug-likeness (QED) is 0.754. The van der Waals surface area contributed by atoms with Crippen LogP contribution < -0.4 is 16.4 Å². The zero-order valence-corrected chi connectivity index (χ0v) is 13.6. The molecule has 1 aromatic carbocycles. The minimum absolute atomic E-state index is 0. The molecule has 0 aliphatic heterocycles. The summed E-state index contributed by atoms with van der Waals surface area (Å²) in [5.41, 5.74) is 7.36. The first-order valence-electron chi connectivity index (χ1n) is 7.10. The average molecular weight is 338 g/mol. The minimum Gasteiger partial charge on any atom is -0.472 e. The maximum absolute atomic E-state index is 11.9. The molecule has 7 heteroatoms. The van der Waals surface area contributed by atoms with Crippen LogP contribution in [0.1, 0.15) is 30.1 Å². The van der Waals surface area contributed by atoms with Crippen LogP contribution >= 0.6 is 12.4 Å². The number of hydrogen-bond acceptors (Lipinski definition) is 4. The normalized spacial score (nSPS) is 11.2. The van der Waals surface area contributed by atoms with E-state index in [2.05, 4.69) is 10.6 Å². The van der Waals surface area contributed by atoms with Crippen LogP contribution in [0.4, 0.5) is 11.4 Å². The van der Waals surface area contributed by atoms with Gasteiger partial charge in [-0.05, 0) is 30.7 Å². The first-order chi connectivity index (χ1) is 10.6. The van der Waals surface area contributed by atoms with E-state index >= 15 is 0 Å². The van der Waals surface area contributed by atoms with Gasteiger partial charge in [-0.15, -0.1) is 12.4 Å². The Labute approximate surface area is 140 Å². The van der Waals surface area contributed by atoms with E-state index < -0.39 is 6.04 Å². The van der Waals surface area contributed by atoms with E-state index in [0.717, 1.165) is 6.42 Å². The molecule has 124 valence electrons. The molecule has 0 saturated carbocycles. The molecule has 0 bridgehead atoms. The number of nitrogens with one attached hydrogen (secondary N) is 2. The predicted octanol–water partition coefficient (Wildman–Crippen LogP) is 3.02. The third-order valence-electron chi connectivity index (χ3n) is 3.11. The average Bonchev–Trinajstić information content (AvgIpc) is 3.02. The number of benzene rings is 1. The second-order valence-electron chi connectivity index (χ2n) is 4.93. The van der Waals surface area contributed by atoms with E-state index in [1.807, 2.05) is 6.92 Å². The standard InChI is InChI=1S/C16H19N3O3.ClH/c1-2-4-14(17)16(21)19-13-6-3-5-12(9-13)18-15(20)11-7-8-22-10-11;/h3,5-10,14H,2,4,17H2,1H3,(H,18,20)(H,19,21);1H. The van der Waals surface area contributed by atoms with Crippen molar-refractivity contribution >= 4 is 35.6 Å². The lowest BCUT2D eigenvalue weighted by molar-refractivity contribution is -0.117. The van der Waals surface area contributed by atoms with Gasteiger partial charge in [-0.25, -0.2) is 0 Å². The first kappa shape index (κ1) is 18.7. The van der Waals surface area contributed by atoms with Gasteiger partial charge in [-0.2, -0.15) is 0 Å². The fraction of sp³-hybridized carbons (Fsp3) is 0.250. The van der Waals surface area contributed by atoms with Crippen molar-refractivity contribution < 1.29 is 14.0 Å². The van der Waals surface area contributed by atoms with Crippen LogP contribution in [0.25, 0.3) is 0 Å². The SMILES string of the molecule is CCCC(N)C(=O)Nc1cccc(NC(=O)c2ccoc2)c1.Cl. The molecule has 1 aromatic heterocycles. The van der Waals surface area contributed by atoms with Gasteiger partial charge in [-0.3, -0.25) is 9.59 Å². The Morgan fingerprint density at radius 2 is 1.91 bits per heavy atom. The first-order valence-corrected chi connectivity index (χ1v) is 7.10. The maximum atomic E-state index is 11.9. The summed E-state index contributed by atoms with van der Waals surface area (Å²) in [7, 11) is 0. The highest BCUT2D eigenvalue weighted by atomic mass is 35.5. The van der Waals surface area contributed by atoms with E-state index in [0.29, 0.717) is 23.4 Å². The fourth-order valence-electron chi connectivity index (χ4n) is 1.95. The molecule has 0 saturated heterocycles. The lowest BCUT2D eigenvalue weighted by Crippen LogP contribution is -2.35. The number of nitrogens with two attached hydrogens (primary N) is 1. The van der Waals surface area contributed by atoms with Crippen molar-refractivity contribution in [3.05, 3.63) is 48.4 Å². The molecule has 0 aliphatic carbocycles. The molecule has 0 fully saturated rings. The summed E-state index contributed by atoms with van der Waals surface area (Å²) < 4.78 is 4.87. The Hall–Kier alpha value is -2.31. The summed E-state index contributed by atoms with van der Waals surface area (Å²) in [5, 5.41) is 5.47. The second kappa shape index (κ2) is 8.97. The minimum atomic E-state index is -0.533. The van der Waals surface area contributed by atoms with E-state index in [9.17, 15) is 9.59 Å². The zero-order valence-electron chi connectivity index (χ0n) is 12.7. The smallest absolute Gasteiger partial charge is 0.258 e. The van der Waals surface area contributed by atoms with Crippen LogP contribution in [0.3, 0.4) is 0 Å². The topological polar surface area (TPSA) is 97.4 Å². The van der Waals surface area contributed by atoms with E-state index in [1.165, 1.54) is 12.5 Å². The molecule has 23 heavy (non-hydrogen) atoms. The molecule has 0 radical (unpaired) electrons. The molecular formula is C16H20ClN3O3. The number of carbonyl (C=O) groups is 2. The van der Waals surface area contributed by atoms with Crippen LogP contribution in [0, 0.1) is 0 Å². The Morgan fingerprint density at radius 1 is 1.22 bits per heavy atom. The number of amides is 2. The number of rotatable bonds is 6. The van der Waals surface area contributed by atoms with Crippen LogP contribution in [-0.4, -0.2) is 17.9 Å². The van der Waals surface area contributed by atoms with Gasteiger partial charge in [0.05, 0.1) is 17.9 Å². The number of furan rings is 1. The van der Waals surface area contributed by atoms with Crippen molar-refractivity contribution in [2.24, 2.45) is 5.73 Å². The van der Waals surface area contributed by atoms with Crippen LogP contribution in [0.15, 0.2) is 47.3 Å². The molecule has 2 rings (SSSR count). The highest BCUT2D eigenvalue weighted by Gasteiger charge is 2.13. The van der Waals surface area contributed by atoms with E-state index in [1.54, 1.807) is 30.3 Å². The molecule has 0 aliphatic rings. The van der Waals surface area contributed by atoms with Gasteiger partial charge in [0.15, 0.2) is 0 Å². The molecule has 2 amide bonds. The number of carbonyl (C=O) groups excluding carboxylic acids is 2. The molecular weight excluding hydrogens is 318 g/mol. The van der Waals surface area contributed by atoms with E-state index in [-0.39, 0.29) is 24.2 Å². The Balaban J connectivity index is 0.00000264. The van der Waals surface area contributed by atoms with Crippen molar-refractivity contribution in [1.29, 1.82) is 0 Å². The van der Waals surface area contributed by atoms with Crippen LogP contribution in [0.5, 0.6) is 0 Å². The van der Waals surface area contributed by atoms with Gasteiger partial charge in [0.25, 0.3) is 5.91 Å². The Morgan fingerprint density at radius 3 is 2.52 bits per heavy atom. The van der Waals surface area contributed by atoms with Crippen molar-refractivity contribution in [2.75, 3.05) is 10.6 Å². The van der Waals surface area contributed by atoms with Gasteiger partial charge in [0.1, 0.15) is 6.26 Å². The molecule has 1 unspecified atom stereocenters. The van der Waals surface area contributed by atoms with Crippen LogP contribution in [0.2, 0.25) is 0 Å². The Bertz CT molecular complexity index is 644. The van der Waals surface area contributed by atoms with Crippen molar-refractivity contribution in [3.63, 3.8) is 0 Å². The lowest BCUT2D eigenvalue weighted by atomic mass is 10.1. The molecule has 1 atom stereocenters. The summed E-state index contributed by atoms with van der Waals surface area (Å²) >= 11 is 0. The summed E-state index contributed by atoms with van der Waals surface area (Å²) in [5.74, 6) is -0.514. The van der Waals surface area contributed by atoms with E-state index in [4.69, 9.17) is 10.2 Å². The lowest BCUT2D eigenvalue weighted by Gasteiger charge is -2.12. The predicted molar refractivity (Wildman–Crippen MR) is 91.9 cm³/mol. The van der Waals surface area contributed by atoms with Crippen molar-refractivity contribution in [1.82, 2.24) is 0 Å². The van der Waals surface area contributed by atoms with Gasteiger partial charge < -0.3 is 20.8 Å². The highest BCUT2D eigenvalue weighted by molar-refractivity contribution is 6.04. The number of anilines is 2. The third kappa shape index (κ3) is 5.43. The fourth-order valence-corrected chi connectivity index (χ4v) is 1.95. The summed E-state index contributed by atoms with van der Waals surface area (Å²) in [6.07, 6.45) is 4.27. The summed E-state index contributed by atoms with van der Waals surface area (Å²) in [6, 6.07) is 7.93. The van der Waals surface area contributed by atoms with Crippen LogP contribution in [-0.2, 0) is 4.79 Å². The molecule has 1 heterocycles. The van der Waals surface area contributed by atoms with Crippen molar-refractivity contribution in [2.45, 2.75) is 25.8 Å². The highest BCUT2D eigenvalue weighted by Crippen LogP contribution is 2.16. The monoisotopic (exact) mass is 337 g/mol. The summed E-state index contributed by atoms with van der Waals surface area (Å²) in [4.78, 5) is 23.8. The molecule has 6 nitrogen and oxygen atoms in total. The maximum Gasteiger partial charge on any atom is 0.258 e. The van der Waals surface area contributed by atoms with Gasteiger partial charge in [0, 0.05) is 11.4 Å². The molecule has 0 spiro atoms. The second-order valence-corrected chi connectivity index (χ2v) is 4.93. The summed E-state index contributed by atoms with van der Waals surface area (Å²) in [6.45, 7) is 1.97. The van der Waals surface area contributed by atoms with Gasteiger partial charge in [0.2, 0.25) is 5.91 Å². The molecule has 4 N–H and O–H groups in total. The zero-order chi connectivity index (χ0) is 15.9. The number of hydrogen-bond donors (Lipinski definition) is 3. The van der Waals surface area contributed by atoms with Crippen molar-refractivity contribution in [3.8, 4) is 0 Å². The van der Waals surface area contributed by atoms with Gasteiger partial charge >= 0.3 is 0 Å². The largest absolute Gasteiger partial charge is 0.472 e.